The molecule has 2 aromatic heterocycles. The molecular formula is C19H26N4OS. The molecule has 25 heavy (non-hydrogen) atoms. The van der Waals surface area contributed by atoms with E-state index in [1.807, 2.05) is 11.3 Å². The van der Waals surface area contributed by atoms with Gasteiger partial charge < -0.3 is 9.88 Å². The minimum Gasteiger partial charge on any atom is -0.349 e. The molecule has 0 aromatic carbocycles. The quantitative estimate of drug-likeness (QED) is 0.912. The van der Waals surface area contributed by atoms with Crippen LogP contribution in [-0.4, -0.2) is 41.0 Å². The predicted octanol–water partition coefficient (Wildman–Crippen LogP) is 3.20. The van der Waals surface area contributed by atoms with Crippen LogP contribution >= 0.6 is 11.3 Å². The Labute approximate surface area is 152 Å². The van der Waals surface area contributed by atoms with Crippen molar-refractivity contribution in [3.05, 3.63) is 44.6 Å². The van der Waals surface area contributed by atoms with E-state index in [9.17, 15) is 4.79 Å². The smallest absolute Gasteiger partial charge is 0.290 e. The standard InChI is InChI=1S/C19H26N4OS/c24-19-18(20-8-9-21-19)23-12-10-22(11-13-23)14-16-6-7-17(25-16)15-4-2-1-3-5-15/h6-9,15H,1-5,10-14H2,(H,21,24). The fourth-order valence-electron chi connectivity index (χ4n) is 3.99. The molecule has 1 aliphatic heterocycles. The van der Waals surface area contributed by atoms with Crippen LogP contribution in [0, 0.1) is 0 Å². The number of piperazine rings is 1. The third-order valence-corrected chi connectivity index (χ3v) is 6.66. The Bertz CT molecular complexity index is 742. The van der Waals surface area contributed by atoms with E-state index >= 15 is 0 Å². The van der Waals surface area contributed by atoms with Gasteiger partial charge in [-0.05, 0) is 30.9 Å². The van der Waals surface area contributed by atoms with Crippen LogP contribution in [0.5, 0.6) is 0 Å². The van der Waals surface area contributed by atoms with Crippen LogP contribution in [0.1, 0.15) is 47.8 Å². The highest BCUT2D eigenvalue weighted by Gasteiger charge is 2.21. The van der Waals surface area contributed by atoms with Gasteiger partial charge in [0, 0.05) is 54.9 Å². The molecule has 0 bridgehead atoms. The van der Waals surface area contributed by atoms with Gasteiger partial charge in [-0.2, -0.15) is 0 Å². The van der Waals surface area contributed by atoms with Crippen molar-refractivity contribution in [2.45, 2.75) is 44.6 Å². The van der Waals surface area contributed by atoms with E-state index in [1.165, 1.54) is 37.0 Å². The van der Waals surface area contributed by atoms with E-state index < -0.39 is 0 Å². The second kappa shape index (κ2) is 7.70. The molecule has 0 atom stereocenters. The van der Waals surface area contributed by atoms with Crippen molar-refractivity contribution in [2.75, 3.05) is 31.1 Å². The zero-order chi connectivity index (χ0) is 17.1. The summed E-state index contributed by atoms with van der Waals surface area (Å²) in [7, 11) is 0. The lowest BCUT2D eigenvalue weighted by Crippen LogP contribution is -2.47. The van der Waals surface area contributed by atoms with E-state index in [4.69, 9.17) is 0 Å². The Morgan fingerprint density at radius 2 is 1.92 bits per heavy atom. The molecule has 2 aliphatic rings. The summed E-state index contributed by atoms with van der Waals surface area (Å²) in [6.07, 6.45) is 10.2. The topological polar surface area (TPSA) is 52.2 Å². The number of hydrogen-bond acceptors (Lipinski definition) is 5. The van der Waals surface area contributed by atoms with Gasteiger partial charge in [0.2, 0.25) is 0 Å². The van der Waals surface area contributed by atoms with Crippen molar-refractivity contribution in [1.82, 2.24) is 14.9 Å². The average Bonchev–Trinajstić information content (AvgIpc) is 3.12. The Kier molecular flexibility index (Phi) is 5.17. The lowest BCUT2D eigenvalue weighted by Gasteiger charge is -2.34. The maximum absolute atomic E-state index is 11.9. The summed E-state index contributed by atoms with van der Waals surface area (Å²) in [5.74, 6) is 1.36. The molecule has 0 unspecified atom stereocenters. The van der Waals surface area contributed by atoms with Crippen LogP contribution in [0.25, 0.3) is 0 Å². The minimum absolute atomic E-state index is 0.0914. The zero-order valence-corrected chi connectivity index (χ0v) is 15.4. The molecule has 6 heteroatoms. The average molecular weight is 359 g/mol. The number of nitrogens with zero attached hydrogens (tertiary/aromatic N) is 3. The van der Waals surface area contributed by atoms with E-state index in [0.717, 1.165) is 38.6 Å². The van der Waals surface area contributed by atoms with Crippen molar-refractivity contribution < 1.29 is 0 Å². The highest BCUT2D eigenvalue weighted by Crippen LogP contribution is 2.36. The van der Waals surface area contributed by atoms with Crippen molar-refractivity contribution in [3.8, 4) is 0 Å². The fourth-order valence-corrected chi connectivity index (χ4v) is 5.22. The van der Waals surface area contributed by atoms with Crippen LogP contribution in [0.2, 0.25) is 0 Å². The van der Waals surface area contributed by atoms with Crippen LogP contribution in [0.15, 0.2) is 29.3 Å². The number of rotatable bonds is 4. The molecule has 3 heterocycles. The highest BCUT2D eigenvalue weighted by atomic mass is 32.1. The van der Waals surface area contributed by atoms with Gasteiger partial charge in [0.05, 0.1) is 0 Å². The van der Waals surface area contributed by atoms with E-state index in [2.05, 4.69) is 31.9 Å². The van der Waals surface area contributed by atoms with E-state index in [-0.39, 0.29) is 5.56 Å². The molecule has 1 saturated carbocycles. The number of H-pyrrole nitrogens is 1. The summed E-state index contributed by atoms with van der Waals surface area (Å²) in [5, 5.41) is 0. The predicted molar refractivity (Wildman–Crippen MR) is 102 cm³/mol. The molecule has 4 rings (SSSR count). The fraction of sp³-hybridized carbons (Fsp3) is 0.579. The Morgan fingerprint density at radius 3 is 2.68 bits per heavy atom. The first-order valence-corrected chi connectivity index (χ1v) is 10.2. The third-order valence-electron chi connectivity index (χ3n) is 5.43. The van der Waals surface area contributed by atoms with Crippen LogP contribution in [-0.2, 0) is 6.54 Å². The maximum Gasteiger partial charge on any atom is 0.290 e. The lowest BCUT2D eigenvalue weighted by molar-refractivity contribution is 0.251. The van der Waals surface area contributed by atoms with Gasteiger partial charge in [-0.1, -0.05) is 19.3 Å². The molecule has 2 fully saturated rings. The molecule has 0 radical (unpaired) electrons. The zero-order valence-electron chi connectivity index (χ0n) is 14.6. The van der Waals surface area contributed by atoms with Crippen LogP contribution in [0.3, 0.4) is 0 Å². The Hall–Kier alpha value is -1.66. The molecule has 134 valence electrons. The highest BCUT2D eigenvalue weighted by molar-refractivity contribution is 7.12. The van der Waals surface area contributed by atoms with Crippen molar-refractivity contribution in [2.24, 2.45) is 0 Å². The normalized spacial score (nSPS) is 20.1. The molecule has 1 aliphatic carbocycles. The van der Waals surface area contributed by atoms with Gasteiger partial charge in [-0.3, -0.25) is 9.69 Å². The molecule has 0 amide bonds. The number of thiophene rings is 1. The van der Waals surface area contributed by atoms with Gasteiger partial charge in [-0.25, -0.2) is 4.98 Å². The van der Waals surface area contributed by atoms with Gasteiger partial charge in [-0.15, -0.1) is 11.3 Å². The summed E-state index contributed by atoms with van der Waals surface area (Å²) in [4.78, 5) is 26.5. The second-order valence-corrected chi connectivity index (χ2v) is 8.34. The third kappa shape index (κ3) is 3.96. The van der Waals surface area contributed by atoms with Gasteiger partial charge in [0.1, 0.15) is 0 Å². The Balaban J connectivity index is 1.32. The first-order chi connectivity index (χ1) is 12.3. The Morgan fingerprint density at radius 1 is 1.12 bits per heavy atom. The molecule has 5 nitrogen and oxygen atoms in total. The van der Waals surface area contributed by atoms with E-state index in [1.54, 1.807) is 17.3 Å². The summed E-state index contributed by atoms with van der Waals surface area (Å²) in [6.45, 7) is 4.71. The monoisotopic (exact) mass is 358 g/mol. The maximum atomic E-state index is 11.9. The van der Waals surface area contributed by atoms with Crippen LogP contribution < -0.4 is 10.5 Å². The molecule has 0 spiro atoms. The van der Waals surface area contributed by atoms with Crippen LogP contribution in [0.4, 0.5) is 5.82 Å². The lowest BCUT2D eigenvalue weighted by atomic mass is 9.88. The number of hydrogen-bond donors (Lipinski definition) is 1. The first-order valence-electron chi connectivity index (χ1n) is 9.39. The SMILES string of the molecule is O=c1[nH]ccnc1N1CCN(Cc2ccc(C3CCCCC3)s2)CC1. The van der Waals surface area contributed by atoms with Gasteiger partial charge >= 0.3 is 0 Å². The molecule has 2 aromatic rings. The number of aromatic nitrogens is 2. The van der Waals surface area contributed by atoms with E-state index in [0.29, 0.717) is 5.82 Å². The summed E-state index contributed by atoms with van der Waals surface area (Å²) < 4.78 is 0. The second-order valence-electron chi connectivity index (χ2n) is 7.14. The number of aromatic amines is 1. The summed E-state index contributed by atoms with van der Waals surface area (Å²) >= 11 is 2.01. The number of nitrogens with one attached hydrogen (secondary N) is 1. The number of anilines is 1. The molecular weight excluding hydrogens is 332 g/mol. The first kappa shape index (κ1) is 16.8. The van der Waals surface area contributed by atoms with Crippen molar-refractivity contribution in [1.29, 1.82) is 0 Å². The summed E-state index contributed by atoms with van der Waals surface area (Å²) in [6, 6.07) is 4.68. The minimum atomic E-state index is -0.0914. The van der Waals surface area contributed by atoms with Crippen molar-refractivity contribution in [3.63, 3.8) is 0 Å². The van der Waals surface area contributed by atoms with Crippen molar-refractivity contribution >= 4 is 17.2 Å². The summed E-state index contributed by atoms with van der Waals surface area (Å²) in [5.41, 5.74) is -0.0914. The molecule has 1 N–H and O–H groups in total. The largest absolute Gasteiger partial charge is 0.349 e. The molecule has 1 saturated heterocycles. The van der Waals surface area contributed by atoms with Gasteiger partial charge in [0.25, 0.3) is 5.56 Å². The van der Waals surface area contributed by atoms with Gasteiger partial charge in [0.15, 0.2) is 5.82 Å².